The Balaban J connectivity index is 1.25. The van der Waals surface area contributed by atoms with Crippen LogP contribution in [0.3, 0.4) is 0 Å². The molecule has 2 aromatic carbocycles. The maximum atomic E-state index is 13.2. The van der Waals surface area contributed by atoms with Crippen LogP contribution in [-0.2, 0) is 6.42 Å². The van der Waals surface area contributed by atoms with Crippen molar-refractivity contribution in [3.63, 3.8) is 0 Å². The topological polar surface area (TPSA) is 61.9 Å². The zero-order valence-electron chi connectivity index (χ0n) is 18.0. The molecule has 0 radical (unpaired) electrons. The van der Waals surface area contributed by atoms with Crippen LogP contribution in [0.25, 0.3) is 0 Å². The molecule has 1 aliphatic carbocycles. The van der Waals surface area contributed by atoms with Crippen molar-refractivity contribution in [2.75, 3.05) is 26.7 Å². The molecular formula is C25H29N3O3. The number of rotatable bonds is 5. The molecule has 1 atom stereocenters. The highest BCUT2D eigenvalue weighted by molar-refractivity contribution is 5.97. The van der Waals surface area contributed by atoms with Crippen molar-refractivity contribution in [3.05, 3.63) is 59.2 Å². The van der Waals surface area contributed by atoms with Crippen LogP contribution in [0.15, 0.2) is 42.5 Å². The van der Waals surface area contributed by atoms with Gasteiger partial charge in [-0.15, -0.1) is 0 Å². The Hall–Kier alpha value is -2.86. The average molecular weight is 420 g/mol. The minimum absolute atomic E-state index is 0.124. The third-order valence-corrected chi connectivity index (χ3v) is 7.00. The quantitative estimate of drug-likeness (QED) is 0.806. The highest BCUT2D eigenvalue weighted by atomic mass is 16.5. The lowest BCUT2D eigenvalue weighted by Crippen LogP contribution is -2.47. The van der Waals surface area contributed by atoms with Crippen LogP contribution in [0.5, 0.6) is 11.5 Å². The number of hydrogen-bond acceptors (Lipinski definition) is 4. The lowest BCUT2D eigenvalue weighted by Gasteiger charge is -2.37. The van der Waals surface area contributed by atoms with Gasteiger partial charge in [0.1, 0.15) is 11.5 Å². The number of nitrogens with one attached hydrogen (secondary N) is 1. The van der Waals surface area contributed by atoms with E-state index in [9.17, 15) is 9.59 Å². The Morgan fingerprint density at radius 1 is 1.00 bits per heavy atom. The minimum Gasteiger partial charge on any atom is -0.457 e. The molecule has 3 aliphatic rings. The fourth-order valence-corrected chi connectivity index (χ4v) is 4.96. The fraction of sp³-hybridized carbons (Fsp3) is 0.440. The van der Waals surface area contributed by atoms with E-state index in [4.69, 9.17) is 4.74 Å². The van der Waals surface area contributed by atoms with Crippen molar-refractivity contribution in [3.8, 4) is 11.5 Å². The summed E-state index contributed by atoms with van der Waals surface area (Å²) in [4.78, 5) is 29.5. The second-order valence-corrected chi connectivity index (χ2v) is 8.80. The van der Waals surface area contributed by atoms with Gasteiger partial charge in [-0.2, -0.15) is 0 Å². The summed E-state index contributed by atoms with van der Waals surface area (Å²) in [5.74, 6) is 1.41. The molecule has 1 saturated heterocycles. The number of carbonyl (C=O) groups excluding carboxylic acids is 2. The normalized spacial score (nSPS) is 21.5. The molecule has 2 aromatic rings. The predicted octanol–water partition coefficient (Wildman–Crippen LogP) is 3.46. The number of fused-ring (bicyclic) bond motifs is 1. The molecule has 0 unspecified atom stereocenters. The number of amides is 2. The molecule has 0 spiro atoms. The second-order valence-electron chi connectivity index (χ2n) is 8.80. The molecule has 0 aromatic heterocycles. The molecule has 31 heavy (non-hydrogen) atoms. The van der Waals surface area contributed by atoms with Crippen molar-refractivity contribution in [1.29, 1.82) is 0 Å². The lowest BCUT2D eigenvalue weighted by atomic mass is 9.92. The Morgan fingerprint density at radius 2 is 1.77 bits per heavy atom. The number of ether oxygens (including phenoxy) is 1. The van der Waals surface area contributed by atoms with Crippen molar-refractivity contribution in [2.45, 2.75) is 44.2 Å². The van der Waals surface area contributed by atoms with E-state index in [1.807, 2.05) is 18.2 Å². The third kappa shape index (κ3) is 3.92. The number of nitrogens with zero attached hydrogens (tertiary/aromatic N) is 2. The van der Waals surface area contributed by atoms with Gasteiger partial charge in [-0.3, -0.25) is 14.5 Å². The first-order valence-electron chi connectivity index (χ1n) is 11.3. The molecule has 0 bridgehead atoms. The minimum atomic E-state index is -0.124. The maximum Gasteiger partial charge on any atom is 0.254 e. The molecule has 2 fully saturated rings. The van der Waals surface area contributed by atoms with Crippen LogP contribution >= 0.6 is 0 Å². The lowest BCUT2D eigenvalue weighted by molar-refractivity contribution is 0.0646. The largest absolute Gasteiger partial charge is 0.457 e. The Morgan fingerprint density at radius 3 is 2.48 bits per heavy atom. The number of hydrogen-bond donors (Lipinski definition) is 1. The van der Waals surface area contributed by atoms with Gasteiger partial charge >= 0.3 is 0 Å². The molecule has 2 amide bonds. The van der Waals surface area contributed by atoms with E-state index in [1.54, 1.807) is 31.3 Å². The zero-order chi connectivity index (χ0) is 21.4. The van der Waals surface area contributed by atoms with Crippen LogP contribution in [0.4, 0.5) is 0 Å². The van der Waals surface area contributed by atoms with E-state index in [2.05, 4.69) is 15.1 Å². The molecule has 162 valence electrons. The van der Waals surface area contributed by atoms with Crippen molar-refractivity contribution >= 4 is 11.8 Å². The van der Waals surface area contributed by atoms with E-state index in [1.165, 1.54) is 19.3 Å². The summed E-state index contributed by atoms with van der Waals surface area (Å²) >= 11 is 0. The van der Waals surface area contributed by atoms with Gasteiger partial charge in [-0.25, -0.2) is 0 Å². The van der Waals surface area contributed by atoms with E-state index < -0.39 is 0 Å². The van der Waals surface area contributed by atoms with Gasteiger partial charge in [0.05, 0.1) is 0 Å². The van der Waals surface area contributed by atoms with Gasteiger partial charge in [0.15, 0.2) is 0 Å². The van der Waals surface area contributed by atoms with E-state index in [0.717, 1.165) is 49.6 Å². The first-order valence-corrected chi connectivity index (χ1v) is 11.3. The molecule has 5 rings (SSSR count). The molecular weight excluding hydrogens is 390 g/mol. The maximum absolute atomic E-state index is 13.2. The van der Waals surface area contributed by atoms with Crippen LogP contribution in [0.2, 0.25) is 0 Å². The molecule has 2 aliphatic heterocycles. The third-order valence-electron chi connectivity index (χ3n) is 7.00. The van der Waals surface area contributed by atoms with Crippen LogP contribution < -0.4 is 10.1 Å². The van der Waals surface area contributed by atoms with Gasteiger partial charge < -0.3 is 15.0 Å². The highest BCUT2D eigenvalue weighted by Crippen LogP contribution is 2.32. The van der Waals surface area contributed by atoms with Crippen LogP contribution in [0.1, 0.15) is 52.0 Å². The predicted molar refractivity (Wildman–Crippen MR) is 119 cm³/mol. The van der Waals surface area contributed by atoms with Gasteiger partial charge in [0, 0.05) is 49.9 Å². The molecule has 1 N–H and O–H groups in total. The van der Waals surface area contributed by atoms with Gasteiger partial charge in [-0.05, 0) is 73.7 Å². The molecule has 6 nitrogen and oxygen atoms in total. The van der Waals surface area contributed by atoms with Crippen molar-refractivity contribution < 1.29 is 14.3 Å². The van der Waals surface area contributed by atoms with Crippen molar-refractivity contribution in [2.24, 2.45) is 0 Å². The first-order chi connectivity index (χ1) is 15.1. The van der Waals surface area contributed by atoms with E-state index in [0.29, 0.717) is 23.1 Å². The van der Waals surface area contributed by atoms with Crippen molar-refractivity contribution in [1.82, 2.24) is 15.1 Å². The summed E-state index contributed by atoms with van der Waals surface area (Å²) in [6, 6.07) is 13.9. The summed E-state index contributed by atoms with van der Waals surface area (Å²) in [5, 5.41) is 2.61. The fourth-order valence-electron chi connectivity index (χ4n) is 4.96. The van der Waals surface area contributed by atoms with E-state index in [-0.39, 0.29) is 11.8 Å². The van der Waals surface area contributed by atoms with Gasteiger partial charge in [0.2, 0.25) is 0 Å². The summed E-state index contributed by atoms with van der Waals surface area (Å²) in [7, 11) is 1.61. The monoisotopic (exact) mass is 419 g/mol. The van der Waals surface area contributed by atoms with Gasteiger partial charge in [0.25, 0.3) is 11.8 Å². The SMILES string of the molecule is CNC(=O)c1ccc(Oc2ccc3c(c2)CCN([C@@H]2CCN(C4CCC4)C2)C3=O)cc1. The van der Waals surface area contributed by atoms with Crippen LogP contribution in [0, 0.1) is 0 Å². The summed E-state index contributed by atoms with van der Waals surface area (Å²) < 4.78 is 5.97. The Labute approximate surface area is 183 Å². The number of carbonyl (C=O) groups is 2. The Bertz CT molecular complexity index is 984. The highest BCUT2D eigenvalue weighted by Gasteiger charge is 2.37. The van der Waals surface area contributed by atoms with E-state index >= 15 is 0 Å². The second kappa shape index (κ2) is 8.35. The summed E-state index contributed by atoms with van der Waals surface area (Å²) in [5.41, 5.74) is 2.44. The number of likely N-dealkylation sites (tertiary alicyclic amines) is 1. The zero-order valence-corrected chi connectivity index (χ0v) is 18.0. The molecule has 2 heterocycles. The summed E-state index contributed by atoms with van der Waals surface area (Å²) in [6.07, 6.45) is 5.94. The molecule has 1 saturated carbocycles. The van der Waals surface area contributed by atoms with Gasteiger partial charge in [-0.1, -0.05) is 6.42 Å². The Kier molecular flexibility index (Phi) is 5.40. The standard InChI is InChI=1S/C25H29N3O3/c1-26-24(29)17-5-7-21(8-6-17)31-22-9-10-23-18(15-22)11-14-28(25(23)30)20-12-13-27(16-20)19-3-2-4-19/h5-10,15,19-20H,2-4,11-14,16H2,1H3,(H,26,29)/t20-/m1/s1. The smallest absolute Gasteiger partial charge is 0.254 e. The molecule has 6 heteroatoms. The number of benzene rings is 2. The summed E-state index contributed by atoms with van der Waals surface area (Å²) in [6.45, 7) is 2.93. The average Bonchev–Trinajstić information content (AvgIpc) is 3.21. The van der Waals surface area contributed by atoms with Crippen LogP contribution in [-0.4, -0.2) is 60.4 Å². The first kappa shape index (κ1) is 20.1.